The fourth-order valence-electron chi connectivity index (χ4n) is 2.44. The van der Waals surface area contributed by atoms with E-state index in [1.54, 1.807) is 0 Å². The maximum Gasteiger partial charge on any atom is 0.409 e. The van der Waals surface area contributed by atoms with Crippen LogP contribution in [-0.2, 0) is 4.74 Å². The molecular weight excluding hydrogens is 204 g/mol. The first kappa shape index (κ1) is 11.7. The zero-order valence-corrected chi connectivity index (χ0v) is 9.91. The highest BCUT2D eigenvalue weighted by Crippen LogP contribution is 2.13. The van der Waals surface area contributed by atoms with Crippen LogP contribution in [0.1, 0.15) is 32.1 Å². The Morgan fingerprint density at radius 1 is 1.31 bits per heavy atom. The van der Waals surface area contributed by atoms with Crippen molar-refractivity contribution < 1.29 is 9.53 Å². The van der Waals surface area contributed by atoms with Crippen molar-refractivity contribution in [3.05, 3.63) is 0 Å². The van der Waals surface area contributed by atoms with Gasteiger partial charge >= 0.3 is 6.09 Å². The molecule has 4 nitrogen and oxygen atoms in total. The molecule has 2 aliphatic rings. The van der Waals surface area contributed by atoms with Gasteiger partial charge in [-0.15, -0.1) is 0 Å². The van der Waals surface area contributed by atoms with E-state index < -0.39 is 0 Å². The van der Waals surface area contributed by atoms with Crippen LogP contribution >= 0.6 is 0 Å². The van der Waals surface area contributed by atoms with Crippen molar-refractivity contribution in [2.75, 3.05) is 32.8 Å². The fourth-order valence-corrected chi connectivity index (χ4v) is 2.44. The number of carbonyl (C=O) groups excluding carboxylic acids is 1. The largest absolute Gasteiger partial charge is 0.449 e. The standard InChI is InChI=1S/C12H22N2O2/c15-12(14-7-2-1-3-8-14)16-9-5-11-4-6-13-10-11/h11,13H,1-10H2. The summed E-state index contributed by atoms with van der Waals surface area (Å²) in [5, 5.41) is 3.32. The molecule has 4 heteroatoms. The third-order valence-corrected chi connectivity index (χ3v) is 3.53. The molecule has 1 atom stereocenters. The molecule has 2 aliphatic heterocycles. The third-order valence-electron chi connectivity index (χ3n) is 3.53. The number of carbonyl (C=O) groups is 1. The average molecular weight is 226 g/mol. The third kappa shape index (κ3) is 3.37. The molecule has 1 N–H and O–H groups in total. The van der Waals surface area contributed by atoms with Crippen molar-refractivity contribution in [2.24, 2.45) is 5.92 Å². The number of hydrogen-bond donors (Lipinski definition) is 1. The monoisotopic (exact) mass is 226 g/mol. The Morgan fingerprint density at radius 2 is 2.12 bits per heavy atom. The van der Waals surface area contributed by atoms with Crippen LogP contribution in [0.5, 0.6) is 0 Å². The van der Waals surface area contributed by atoms with E-state index in [1.165, 1.54) is 12.8 Å². The lowest BCUT2D eigenvalue weighted by Gasteiger charge is -2.26. The van der Waals surface area contributed by atoms with Crippen LogP contribution in [0.4, 0.5) is 4.79 Å². The molecule has 2 rings (SSSR count). The van der Waals surface area contributed by atoms with Crippen LogP contribution in [-0.4, -0.2) is 43.8 Å². The SMILES string of the molecule is O=C(OCCC1CCNC1)N1CCCCC1. The molecule has 2 saturated heterocycles. The van der Waals surface area contributed by atoms with E-state index in [0.717, 1.165) is 45.4 Å². The van der Waals surface area contributed by atoms with Gasteiger partial charge in [-0.3, -0.25) is 0 Å². The number of nitrogens with one attached hydrogen (secondary N) is 1. The van der Waals surface area contributed by atoms with Gasteiger partial charge in [-0.05, 0) is 51.1 Å². The topological polar surface area (TPSA) is 41.6 Å². The van der Waals surface area contributed by atoms with Crippen molar-refractivity contribution in [2.45, 2.75) is 32.1 Å². The second-order valence-electron chi connectivity index (χ2n) is 4.81. The predicted octanol–water partition coefficient (Wildman–Crippen LogP) is 1.61. The first-order valence-electron chi connectivity index (χ1n) is 6.48. The Balaban J connectivity index is 1.59. The number of piperidine rings is 1. The first-order chi connectivity index (χ1) is 7.86. The van der Waals surface area contributed by atoms with E-state index in [0.29, 0.717) is 12.5 Å². The van der Waals surface area contributed by atoms with Gasteiger partial charge in [0.15, 0.2) is 0 Å². The van der Waals surface area contributed by atoms with Crippen molar-refractivity contribution >= 4 is 6.09 Å². The number of rotatable bonds is 3. The van der Waals surface area contributed by atoms with E-state index >= 15 is 0 Å². The summed E-state index contributed by atoms with van der Waals surface area (Å²) in [6, 6.07) is 0. The quantitative estimate of drug-likeness (QED) is 0.795. The van der Waals surface area contributed by atoms with Crippen LogP contribution < -0.4 is 5.32 Å². The molecule has 16 heavy (non-hydrogen) atoms. The molecule has 0 aromatic rings. The molecule has 0 aromatic heterocycles. The fraction of sp³-hybridized carbons (Fsp3) is 0.917. The summed E-state index contributed by atoms with van der Waals surface area (Å²) in [5.41, 5.74) is 0. The molecule has 92 valence electrons. The molecule has 0 radical (unpaired) electrons. The predicted molar refractivity (Wildman–Crippen MR) is 62.4 cm³/mol. The maximum absolute atomic E-state index is 11.7. The van der Waals surface area contributed by atoms with Gasteiger partial charge in [-0.2, -0.15) is 0 Å². The van der Waals surface area contributed by atoms with Crippen molar-refractivity contribution in [1.29, 1.82) is 0 Å². The molecule has 2 heterocycles. The lowest BCUT2D eigenvalue weighted by atomic mass is 10.1. The average Bonchev–Trinajstić information content (AvgIpc) is 2.83. The molecule has 0 aromatic carbocycles. The summed E-state index contributed by atoms with van der Waals surface area (Å²) >= 11 is 0. The van der Waals surface area contributed by atoms with Crippen LogP contribution in [0.3, 0.4) is 0 Å². The molecule has 1 unspecified atom stereocenters. The number of hydrogen-bond acceptors (Lipinski definition) is 3. The summed E-state index contributed by atoms with van der Waals surface area (Å²) < 4.78 is 5.30. The summed E-state index contributed by atoms with van der Waals surface area (Å²) in [7, 11) is 0. The van der Waals surface area contributed by atoms with E-state index in [4.69, 9.17) is 4.74 Å². The van der Waals surface area contributed by atoms with Crippen molar-refractivity contribution in [1.82, 2.24) is 10.2 Å². The van der Waals surface area contributed by atoms with Gasteiger partial charge in [0, 0.05) is 13.1 Å². The second kappa shape index (κ2) is 6.09. The highest BCUT2D eigenvalue weighted by atomic mass is 16.6. The molecular formula is C12H22N2O2. The van der Waals surface area contributed by atoms with Crippen molar-refractivity contribution in [3.63, 3.8) is 0 Å². The second-order valence-corrected chi connectivity index (χ2v) is 4.81. The van der Waals surface area contributed by atoms with E-state index in [-0.39, 0.29) is 6.09 Å². The Bertz CT molecular complexity index is 221. The Morgan fingerprint density at radius 3 is 2.81 bits per heavy atom. The molecule has 2 fully saturated rings. The minimum atomic E-state index is -0.106. The van der Waals surface area contributed by atoms with Crippen LogP contribution in [0.25, 0.3) is 0 Å². The zero-order chi connectivity index (χ0) is 11.2. The minimum Gasteiger partial charge on any atom is -0.449 e. The van der Waals surface area contributed by atoms with E-state index in [1.807, 2.05) is 4.90 Å². The zero-order valence-electron chi connectivity index (χ0n) is 9.91. The molecule has 0 aliphatic carbocycles. The number of ether oxygens (including phenoxy) is 1. The highest BCUT2D eigenvalue weighted by Gasteiger charge is 2.19. The Labute approximate surface area is 97.3 Å². The molecule has 0 saturated carbocycles. The lowest BCUT2D eigenvalue weighted by Crippen LogP contribution is -2.36. The van der Waals surface area contributed by atoms with Crippen LogP contribution in [0.2, 0.25) is 0 Å². The molecule has 0 bridgehead atoms. The van der Waals surface area contributed by atoms with Gasteiger partial charge in [-0.1, -0.05) is 0 Å². The highest BCUT2D eigenvalue weighted by molar-refractivity contribution is 5.67. The van der Waals surface area contributed by atoms with Gasteiger partial charge in [0.2, 0.25) is 0 Å². The summed E-state index contributed by atoms with van der Waals surface area (Å²) in [5.74, 6) is 0.703. The Kier molecular flexibility index (Phi) is 4.45. The van der Waals surface area contributed by atoms with Gasteiger partial charge in [-0.25, -0.2) is 4.79 Å². The van der Waals surface area contributed by atoms with Crippen LogP contribution in [0.15, 0.2) is 0 Å². The minimum absolute atomic E-state index is 0.106. The number of likely N-dealkylation sites (tertiary alicyclic amines) is 1. The maximum atomic E-state index is 11.7. The Hall–Kier alpha value is -0.770. The smallest absolute Gasteiger partial charge is 0.409 e. The number of amides is 1. The number of nitrogens with zero attached hydrogens (tertiary/aromatic N) is 1. The van der Waals surface area contributed by atoms with Gasteiger partial charge in [0.1, 0.15) is 0 Å². The summed E-state index contributed by atoms with van der Waals surface area (Å²) in [6.07, 6.45) is 5.62. The van der Waals surface area contributed by atoms with E-state index in [2.05, 4.69) is 5.32 Å². The lowest BCUT2D eigenvalue weighted by molar-refractivity contribution is 0.0908. The molecule has 0 spiro atoms. The van der Waals surface area contributed by atoms with Crippen molar-refractivity contribution in [3.8, 4) is 0 Å². The van der Waals surface area contributed by atoms with Gasteiger partial charge < -0.3 is 15.0 Å². The summed E-state index contributed by atoms with van der Waals surface area (Å²) in [4.78, 5) is 13.5. The molecule has 1 amide bonds. The summed E-state index contributed by atoms with van der Waals surface area (Å²) in [6.45, 7) is 4.54. The van der Waals surface area contributed by atoms with E-state index in [9.17, 15) is 4.79 Å². The normalized spacial score (nSPS) is 25.8. The van der Waals surface area contributed by atoms with Gasteiger partial charge in [0.05, 0.1) is 6.61 Å². The first-order valence-corrected chi connectivity index (χ1v) is 6.48. The van der Waals surface area contributed by atoms with Crippen LogP contribution in [0, 0.1) is 5.92 Å². The van der Waals surface area contributed by atoms with Gasteiger partial charge in [0.25, 0.3) is 0 Å².